The zero-order valence-corrected chi connectivity index (χ0v) is 22.3. The summed E-state index contributed by atoms with van der Waals surface area (Å²) in [6.45, 7) is 5.54. The molecule has 0 unspecified atom stereocenters. The molecule has 5 aliphatic rings. The SMILES string of the molecule is CC(C)(C)N1C(=O)[C@H]2[C@H](CC=C3[C@H](C4=COc5ccc(O)cc5C4)C4=C(C[C@H]32)C(=O)C(Br)=CC4=O)C1=O. The molecule has 190 valence electrons. The number of fused-ring (bicyclic) bond motifs is 4. The van der Waals surface area contributed by atoms with Crippen molar-refractivity contribution in [2.45, 2.75) is 45.6 Å². The summed E-state index contributed by atoms with van der Waals surface area (Å²) in [7, 11) is 0. The number of imide groups is 1. The van der Waals surface area contributed by atoms with Gasteiger partial charge in [-0.1, -0.05) is 11.6 Å². The summed E-state index contributed by atoms with van der Waals surface area (Å²) in [5.41, 5.74) is 2.59. The lowest BCUT2D eigenvalue weighted by Gasteiger charge is -2.43. The second kappa shape index (κ2) is 8.12. The van der Waals surface area contributed by atoms with Crippen LogP contribution in [0, 0.1) is 23.7 Å². The molecule has 1 saturated heterocycles. The van der Waals surface area contributed by atoms with Crippen LogP contribution in [0.3, 0.4) is 0 Å². The zero-order chi connectivity index (χ0) is 26.4. The van der Waals surface area contributed by atoms with Crippen LogP contribution in [0.1, 0.15) is 39.2 Å². The monoisotopic (exact) mass is 563 g/mol. The maximum absolute atomic E-state index is 13.7. The van der Waals surface area contributed by atoms with E-state index in [1.54, 1.807) is 24.5 Å². The van der Waals surface area contributed by atoms with Crippen LogP contribution in [0.2, 0.25) is 0 Å². The number of ketones is 2. The fraction of sp³-hybridized carbons (Fsp3) is 0.379. The topological polar surface area (TPSA) is 101 Å². The molecule has 0 aromatic heterocycles. The van der Waals surface area contributed by atoms with Crippen molar-refractivity contribution in [1.29, 1.82) is 0 Å². The van der Waals surface area contributed by atoms with Gasteiger partial charge in [0.15, 0.2) is 11.6 Å². The Labute approximate surface area is 222 Å². The van der Waals surface area contributed by atoms with Gasteiger partial charge >= 0.3 is 0 Å². The third-order valence-electron chi connectivity index (χ3n) is 8.15. The van der Waals surface area contributed by atoms with E-state index in [0.29, 0.717) is 29.7 Å². The minimum absolute atomic E-state index is 0.109. The van der Waals surface area contributed by atoms with Crippen LogP contribution in [-0.4, -0.2) is 38.9 Å². The van der Waals surface area contributed by atoms with E-state index in [2.05, 4.69) is 15.9 Å². The van der Waals surface area contributed by atoms with E-state index in [0.717, 1.165) is 16.7 Å². The van der Waals surface area contributed by atoms with Crippen LogP contribution in [-0.2, 0) is 25.6 Å². The van der Waals surface area contributed by atoms with E-state index in [1.165, 1.54) is 11.0 Å². The predicted octanol–water partition coefficient (Wildman–Crippen LogP) is 4.30. The smallest absolute Gasteiger partial charge is 0.234 e. The van der Waals surface area contributed by atoms with Gasteiger partial charge in [-0.3, -0.25) is 24.1 Å². The molecule has 0 bridgehead atoms. The van der Waals surface area contributed by atoms with Crippen molar-refractivity contribution in [3.05, 3.63) is 69.0 Å². The molecule has 0 radical (unpaired) electrons. The van der Waals surface area contributed by atoms with Crippen molar-refractivity contribution in [2.24, 2.45) is 23.7 Å². The number of benzene rings is 1. The molecule has 0 spiro atoms. The third-order valence-corrected chi connectivity index (χ3v) is 8.74. The van der Waals surface area contributed by atoms with E-state index in [4.69, 9.17) is 4.74 Å². The maximum atomic E-state index is 13.7. The van der Waals surface area contributed by atoms with Gasteiger partial charge in [-0.2, -0.15) is 0 Å². The molecular formula is C29H26BrNO6. The minimum atomic E-state index is -0.655. The first-order valence-corrected chi connectivity index (χ1v) is 13.2. The molecule has 1 N–H and O–H groups in total. The van der Waals surface area contributed by atoms with Gasteiger partial charge in [0, 0.05) is 40.7 Å². The number of rotatable bonds is 1. The number of hydrogen-bond acceptors (Lipinski definition) is 6. The van der Waals surface area contributed by atoms with Crippen molar-refractivity contribution in [2.75, 3.05) is 0 Å². The Morgan fingerprint density at radius 3 is 2.57 bits per heavy atom. The van der Waals surface area contributed by atoms with Gasteiger partial charge in [0.05, 0.1) is 22.6 Å². The second-order valence-electron chi connectivity index (χ2n) is 11.4. The Morgan fingerprint density at radius 2 is 1.84 bits per heavy atom. The van der Waals surface area contributed by atoms with Gasteiger partial charge in [0.2, 0.25) is 11.8 Å². The van der Waals surface area contributed by atoms with Gasteiger partial charge < -0.3 is 9.84 Å². The molecule has 2 aliphatic heterocycles. The highest BCUT2D eigenvalue weighted by Crippen LogP contribution is 2.55. The van der Waals surface area contributed by atoms with Gasteiger partial charge in [-0.25, -0.2) is 0 Å². The van der Waals surface area contributed by atoms with E-state index in [-0.39, 0.29) is 46.0 Å². The molecule has 3 aliphatic carbocycles. The van der Waals surface area contributed by atoms with Crippen LogP contribution in [0.5, 0.6) is 11.5 Å². The largest absolute Gasteiger partial charge is 0.508 e. The predicted molar refractivity (Wildman–Crippen MR) is 137 cm³/mol. The number of likely N-dealkylation sites (tertiary alicyclic amines) is 1. The molecule has 2 heterocycles. The highest BCUT2D eigenvalue weighted by molar-refractivity contribution is 9.12. The average Bonchev–Trinajstić information content (AvgIpc) is 3.11. The molecule has 4 atom stereocenters. The first-order chi connectivity index (χ1) is 17.5. The van der Waals surface area contributed by atoms with Crippen molar-refractivity contribution < 1.29 is 29.0 Å². The number of carbonyl (C=O) groups excluding carboxylic acids is 4. The number of nitrogens with zero attached hydrogens (tertiary/aromatic N) is 1. The van der Waals surface area contributed by atoms with Crippen molar-refractivity contribution in [3.8, 4) is 11.5 Å². The number of ether oxygens (including phenoxy) is 1. The van der Waals surface area contributed by atoms with E-state index < -0.39 is 23.3 Å². The van der Waals surface area contributed by atoms with Gasteiger partial charge in [0.1, 0.15) is 11.5 Å². The molecule has 1 aromatic carbocycles. The first kappa shape index (κ1) is 24.1. The second-order valence-corrected chi connectivity index (χ2v) is 12.2. The lowest BCUT2D eigenvalue weighted by atomic mass is 9.59. The Bertz CT molecular complexity index is 1440. The summed E-state index contributed by atoms with van der Waals surface area (Å²) in [6, 6.07) is 4.87. The summed E-state index contributed by atoms with van der Waals surface area (Å²) in [6.07, 6.45) is 5.99. The molecule has 37 heavy (non-hydrogen) atoms. The lowest BCUT2D eigenvalue weighted by Crippen LogP contribution is -2.46. The number of amides is 2. The normalized spacial score (nSPS) is 29.1. The van der Waals surface area contributed by atoms with Gasteiger partial charge in [-0.05, 0) is 79.2 Å². The fourth-order valence-corrected chi connectivity index (χ4v) is 7.12. The summed E-state index contributed by atoms with van der Waals surface area (Å²) < 4.78 is 6.10. The van der Waals surface area contributed by atoms with Crippen LogP contribution in [0.25, 0.3) is 0 Å². The quantitative estimate of drug-likeness (QED) is 0.310. The molecule has 2 amide bonds. The molecule has 6 rings (SSSR count). The Balaban J connectivity index is 1.48. The number of Topliss-reactive ketones (excluding diaryl/α,β-unsaturated/α-hetero) is 1. The standard InChI is InChI=1S/C29H26BrNO6/c1-29(2,3)31-27(35)17-6-5-16-18(24(17)28(31)36)10-19-25(21(33)11-20(30)26(19)34)23(16)14-8-13-9-15(32)4-7-22(13)37-12-14/h4-5,7,9,11-12,17-18,23-24,32H,6,8,10H2,1-3H3/t17-,18+,23-,24-/m0/s1. The average molecular weight is 564 g/mol. The number of allylic oxidation sites excluding steroid dienone is 7. The Hall–Kier alpha value is -3.26. The summed E-state index contributed by atoms with van der Waals surface area (Å²) in [4.78, 5) is 55.1. The summed E-state index contributed by atoms with van der Waals surface area (Å²) in [5, 5.41) is 10.0. The van der Waals surface area contributed by atoms with Crippen LogP contribution in [0.15, 0.2) is 63.4 Å². The first-order valence-electron chi connectivity index (χ1n) is 12.4. The maximum Gasteiger partial charge on any atom is 0.234 e. The number of aromatic hydroxyl groups is 1. The molecule has 1 fully saturated rings. The fourth-order valence-electron chi connectivity index (χ4n) is 6.68. The number of carbonyl (C=O) groups is 4. The number of phenols is 1. The van der Waals surface area contributed by atoms with Crippen molar-refractivity contribution >= 4 is 39.3 Å². The molecule has 7 nitrogen and oxygen atoms in total. The number of phenolic OH excluding ortho intramolecular Hbond substituents is 1. The Kier molecular flexibility index (Phi) is 5.29. The zero-order valence-electron chi connectivity index (χ0n) is 20.7. The van der Waals surface area contributed by atoms with E-state index >= 15 is 0 Å². The summed E-state index contributed by atoms with van der Waals surface area (Å²) in [5.74, 6) is -2.17. The van der Waals surface area contributed by atoms with Crippen LogP contribution >= 0.6 is 15.9 Å². The van der Waals surface area contributed by atoms with Crippen LogP contribution < -0.4 is 4.74 Å². The molecule has 0 saturated carbocycles. The lowest BCUT2D eigenvalue weighted by molar-refractivity contribution is -0.145. The van der Waals surface area contributed by atoms with Gasteiger partial charge in [0.25, 0.3) is 0 Å². The highest BCUT2D eigenvalue weighted by Gasteiger charge is 2.58. The summed E-state index contributed by atoms with van der Waals surface area (Å²) >= 11 is 3.25. The number of hydrogen-bond donors (Lipinski definition) is 1. The molecule has 8 heteroatoms. The third kappa shape index (κ3) is 3.52. The highest BCUT2D eigenvalue weighted by atomic mass is 79.9. The van der Waals surface area contributed by atoms with Gasteiger partial charge in [-0.15, -0.1) is 0 Å². The van der Waals surface area contributed by atoms with Crippen molar-refractivity contribution in [1.82, 2.24) is 4.90 Å². The van der Waals surface area contributed by atoms with Crippen LogP contribution in [0.4, 0.5) is 0 Å². The van der Waals surface area contributed by atoms with E-state index in [1.807, 2.05) is 26.8 Å². The van der Waals surface area contributed by atoms with Crippen molar-refractivity contribution in [3.63, 3.8) is 0 Å². The molecule has 1 aromatic rings. The Morgan fingerprint density at radius 1 is 1.08 bits per heavy atom. The molecular weight excluding hydrogens is 538 g/mol. The number of halogens is 1. The minimum Gasteiger partial charge on any atom is -0.508 e. The van der Waals surface area contributed by atoms with E-state index in [9.17, 15) is 24.3 Å².